The molecule has 0 amide bonds. The Balaban J connectivity index is 2.57. The molecule has 0 aromatic heterocycles. The van der Waals surface area contributed by atoms with Crippen LogP contribution in [0, 0.1) is 0 Å². The maximum atomic E-state index is 10.7. The van der Waals surface area contributed by atoms with Gasteiger partial charge in [-0.2, -0.15) is 0 Å². The fourth-order valence-corrected chi connectivity index (χ4v) is 3.20. The Kier molecular flexibility index (Phi) is 3.62. The van der Waals surface area contributed by atoms with E-state index in [4.69, 9.17) is 5.11 Å². The van der Waals surface area contributed by atoms with Gasteiger partial charge in [-0.25, -0.2) is 0 Å². The van der Waals surface area contributed by atoms with E-state index in [1.807, 2.05) is 0 Å². The Labute approximate surface area is 83.3 Å². The van der Waals surface area contributed by atoms with Gasteiger partial charge in [0.15, 0.2) is 0 Å². The third-order valence-corrected chi connectivity index (χ3v) is 4.15. The molecule has 0 saturated carbocycles. The summed E-state index contributed by atoms with van der Waals surface area (Å²) in [7, 11) is 0. The second-order valence-electron chi connectivity index (χ2n) is 3.44. The zero-order valence-electron chi connectivity index (χ0n) is 8.17. The maximum Gasteiger partial charge on any atom is 0.321 e. The number of aliphatic carboxylic acids is 1. The van der Waals surface area contributed by atoms with Gasteiger partial charge >= 0.3 is 5.97 Å². The van der Waals surface area contributed by atoms with Crippen LogP contribution in [0.15, 0.2) is 0 Å². The highest BCUT2D eigenvalue weighted by atomic mass is 32.2. The summed E-state index contributed by atoms with van der Waals surface area (Å²) in [6.45, 7) is 4.24. The molecule has 0 spiro atoms. The highest BCUT2D eigenvalue weighted by molar-refractivity contribution is 8.00. The zero-order valence-corrected chi connectivity index (χ0v) is 8.99. The van der Waals surface area contributed by atoms with Gasteiger partial charge in [0.2, 0.25) is 0 Å². The van der Waals surface area contributed by atoms with Gasteiger partial charge in [0.1, 0.15) is 6.04 Å². The van der Waals surface area contributed by atoms with E-state index in [2.05, 4.69) is 19.2 Å². The summed E-state index contributed by atoms with van der Waals surface area (Å²) in [6.07, 6.45) is 3.15. The number of nitrogens with one attached hydrogen (secondary N) is 1. The molecule has 2 N–H and O–H groups in total. The number of carboxylic acid groups (broad SMARTS) is 1. The second kappa shape index (κ2) is 4.33. The van der Waals surface area contributed by atoms with Gasteiger partial charge in [-0.05, 0) is 12.8 Å². The highest BCUT2D eigenvalue weighted by Gasteiger charge is 2.39. The fourth-order valence-electron chi connectivity index (χ4n) is 1.71. The monoisotopic (exact) mass is 203 g/mol. The first-order valence-corrected chi connectivity index (χ1v) is 5.76. The molecule has 0 aliphatic carbocycles. The topological polar surface area (TPSA) is 49.3 Å². The van der Waals surface area contributed by atoms with Crippen molar-refractivity contribution in [2.24, 2.45) is 0 Å². The summed E-state index contributed by atoms with van der Waals surface area (Å²) in [5.41, 5.74) is 0. The van der Waals surface area contributed by atoms with E-state index in [9.17, 15) is 4.79 Å². The van der Waals surface area contributed by atoms with Crippen LogP contribution in [0.5, 0.6) is 0 Å². The molecular formula is C9H17NO2S. The lowest BCUT2D eigenvalue weighted by Gasteiger charge is -2.27. The number of carbonyl (C=O) groups is 1. The standard InChI is InChI=1S/C9H17NO2S/c1-3-5-9(4-2)10-7(6-13-9)8(11)12/h7,10H,3-6H2,1-2H3,(H,11,12)/t7-,9?/m1/s1. The molecule has 3 nitrogen and oxygen atoms in total. The lowest BCUT2D eigenvalue weighted by molar-refractivity contribution is -0.138. The predicted octanol–water partition coefficient (Wildman–Crippen LogP) is 1.68. The van der Waals surface area contributed by atoms with Gasteiger partial charge in [-0.15, -0.1) is 11.8 Å². The minimum atomic E-state index is -0.723. The molecule has 76 valence electrons. The summed E-state index contributed by atoms with van der Waals surface area (Å²) >= 11 is 1.76. The molecular weight excluding hydrogens is 186 g/mol. The molecule has 1 aliphatic heterocycles. The quantitative estimate of drug-likeness (QED) is 0.730. The molecule has 1 saturated heterocycles. The second-order valence-corrected chi connectivity index (χ2v) is 4.85. The summed E-state index contributed by atoms with van der Waals surface area (Å²) in [5, 5.41) is 12.1. The van der Waals surface area contributed by atoms with Crippen molar-refractivity contribution < 1.29 is 9.90 Å². The largest absolute Gasteiger partial charge is 0.480 e. The van der Waals surface area contributed by atoms with Crippen molar-refractivity contribution in [3.8, 4) is 0 Å². The van der Waals surface area contributed by atoms with E-state index in [1.54, 1.807) is 11.8 Å². The van der Waals surface area contributed by atoms with E-state index >= 15 is 0 Å². The van der Waals surface area contributed by atoms with Crippen molar-refractivity contribution in [2.45, 2.75) is 44.0 Å². The van der Waals surface area contributed by atoms with Crippen LogP contribution >= 0.6 is 11.8 Å². The van der Waals surface area contributed by atoms with Crippen molar-refractivity contribution >= 4 is 17.7 Å². The first-order chi connectivity index (χ1) is 6.13. The van der Waals surface area contributed by atoms with Gasteiger partial charge in [0, 0.05) is 5.75 Å². The van der Waals surface area contributed by atoms with Crippen LogP contribution in [-0.4, -0.2) is 27.7 Å². The normalized spacial score (nSPS) is 33.5. The lowest BCUT2D eigenvalue weighted by Crippen LogP contribution is -2.44. The van der Waals surface area contributed by atoms with Crippen molar-refractivity contribution in [3.05, 3.63) is 0 Å². The van der Waals surface area contributed by atoms with E-state index in [-0.39, 0.29) is 10.9 Å². The van der Waals surface area contributed by atoms with Crippen molar-refractivity contribution in [1.82, 2.24) is 5.32 Å². The average Bonchev–Trinajstić information content (AvgIpc) is 2.51. The Bertz CT molecular complexity index is 198. The van der Waals surface area contributed by atoms with Gasteiger partial charge in [-0.1, -0.05) is 20.3 Å². The number of thioether (sulfide) groups is 1. The van der Waals surface area contributed by atoms with E-state index in [0.717, 1.165) is 19.3 Å². The van der Waals surface area contributed by atoms with Gasteiger partial charge in [0.25, 0.3) is 0 Å². The van der Waals surface area contributed by atoms with Crippen LogP contribution in [0.3, 0.4) is 0 Å². The molecule has 1 heterocycles. The molecule has 0 radical (unpaired) electrons. The minimum Gasteiger partial charge on any atom is -0.480 e. The van der Waals surface area contributed by atoms with Crippen molar-refractivity contribution in [2.75, 3.05) is 5.75 Å². The number of hydrogen-bond acceptors (Lipinski definition) is 3. The van der Waals surface area contributed by atoms with E-state index in [0.29, 0.717) is 5.75 Å². The first-order valence-electron chi connectivity index (χ1n) is 4.78. The third-order valence-electron chi connectivity index (χ3n) is 2.49. The average molecular weight is 203 g/mol. The van der Waals surface area contributed by atoms with Crippen LogP contribution in [-0.2, 0) is 4.79 Å². The number of rotatable bonds is 4. The van der Waals surface area contributed by atoms with Crippen LogP contribution in [0.4, 0.5) is 0 Å². The van der Waals surface area contributed by atoms with Gasteiger partial charge < -0.3 is 5.11 Å². The summed E-state index contributed by atoms with van der Waals surface area (Å²) in [6, 6.07) is -0.350. The Morgan fingerprint density at radius 3 is 2.77 bits per heavy atom. The Hall–Kier alpha value is -0.220. The van der Waals surface area contributed by atoms with Crippen molar-refractivity contribution in [3.63, 3.8) is 0 Å². The SMILES string of the molecule is CCCC1(CC)N[C@@H](C(=O)O)CS1. The van der Waals surface area contributed by atoms with E-state index < -0.39 is 5.97 Å². The third kappa shape index (κ3) is 2.38. The summed E-state index contributed by atoms with van der Waals surface area (Å²) in [4.78, 5) is 10.8. The van der Waals surface area contributed by atoms with Crippen LogP contribution in [0.1, 0.15) is 33.1 Å². The number of hydrogen-bond donors (Lipinski definition) is 2. The summed E-state index contributed by atoms with van der Waals surface area (Å²) in [5.74, 6) is -0.0256. The summed E-state index contributed by atoms with van der Waals surface area (Å²) < 4.78 is 0. The minimum absolute atomic E-state index is 0.0256. The van der Waals surface area contributed by atoms with Crippen molar-refractivity contribution in [1.29, 1.82) is 0 Å². The highest BCUT2D eigenvalue weighted by Crippen LogP contribution is 2.37. The molecule has 1 unspecified atom stereocenters. The smallest absolute Gasteiger partial charge is 0.321 e. The van der Waals surface area contributed by atoms with E-state index in [1.165, 1.54) is 0 Å². The molecule has 0 aromatic carbocycles. The molecule has 1 aliphatic rings. The zero-order chi connectivity index (χ0) is 9.90. The van der Waals surface area contributed by atoms with Gasteiger partial charge in [0.05, 0.1) is 4.87 Å². The van der Waals surface area contributed by atoms with Crippen LogP contribution in [0.2, 0.25) is 0 Å². The lowest BCUT2D eigenvalue weighted by atomic mass is 10.1. The maximum absolute atomic E-state index is 10.7. The van der Waals surface area contributed by atoms with Crippen LogP contribution in [0.25, 0.3) is 0 Å². The Morgan fingerprint density at radius 1 is 1.69 bits per heavy atom. The molecule has 1 fully saturated rings. The Morgan fingerprint density at radius 2 is 2.38 bits per heavy atom. The predicted molar refractivity (Wildman–Crippen MR) is 54.9 cm³/mol. The molecule has 0 bridgehead atoms. The molecule has 2 atom stereocenters. The molecule has 0 aromatic rings. The molecule has 1 rings (SSSR count). The number of carboxylic acids is 1. The van der Waals surface area contributed by atoms with Gasteiger partial charge in [-0.3, -0.25) is 10.1 Å². The molecule has 4 heteroatoms. The molecule has 13 heavy (non-hydrogen) atoms. The fraction of sp³-hybridized carbons (Fsp3) is 0.889. The first kappa shape index (κ1) is 10.9. The van der Waals surface area contributed by atoms with Crippen LogP contribution < -0.4 is 5.32 Å².